The van der Waals surface area contributed by atoms with Gasteiger partial charge in [-0.3, -0.25) is 4.79 Å². The standard InChI is InChI=1S/C20H28N4OS/c1-3-16(13-24-9-4-5-10-24)21-19(25)12-18-14-26-20(23-18)22-17-8-6-7-15(2)11-17/h6-8,11,14,16H,3-5,9-10,12-13H2,1-2H3,(H,21,25)(H,22,23). The van der Waals surface area contributed by atoms with Crippen LogP contribution in [-0.4, -0.2) is 41.5 Å². The lowest BCUT2D eigenvalue weighted by atomic mass is 10.2. The highest BCUT2D eigenvalue weighted by molar-refractivity contribution is 7.13. The lowest BCUT2D eigenvalue weighted by molar-refractivity contribution is -0.121. The molecule has 2 heterocycles. The van der Waals surface area contributed by atoms with Crippen LogP contribution in [0.1, 0.15) is 37.4 Å². The van der Waals surface area contributed by atoms with Crippen LogP contribution in [0.3, 0.4) is 0 Å². The largest absolute Gasteiger partial charge is 0.352 e. The number of aryl methyl sites for hydroxylation is 1. The van der Waals surface area contributed by atoms with Crippen LogP contribution >= 0.6 is 11.3 Å². The molecule has 1 aromatic carbocycles. The van der Waals surface area contributed by atoms with Gasteiger partial charge < -0.3 is 15.5 Å². The normalized spacial score (nSPS) is 15.8. The number of hydrogen-bond donors (Lipinski definition) is 2. The molecule has 5 nitrogen and oxygen atoms in total. The average molecular weight is 373 g/mol. The summed E-state index contributed by atoms with van der Waals surface area (Å²) in [6.07, 6.45) is 3.85. The molecule has 1 atom stereocenters. The first-order chi connectivity index (χ1) is 12.6. The SMILES string of the molecule is CCC(CN1CCCC1)NC(=O)Cc1csc(Nc2cccc(C)c2)n1. The van der Waals surface area contributed by atoms with Crippen LogP contribution in [0.4, 0.5) is 10.8 Å². The van der Waals surface area contributed by atoms with Crippen LogP contribution in [0.2, 0.25) is 0 Å². The summed E-state index contributed by atoms with van der Waals surface area (Å²) in [5.74, 6) is 0.0588. The molecule has 1 saturated heterocycles. The molecule has 0 aliphatic carbocycles. The van der Waals surface area contributed by atoms with Gasteiger partial charge in [0.1, 0.15) is 0 Å². The molecule has 1 unspecified atom stereocenters. The Balaban J connectivity index is 1.50. The second kappa shape index (κ2) is 9.14. The Morgan fingerprint density at radius 1 is 1.35 bits per heavy atom. The molecule has 1 amide bonds. The number of rotatable bonds is 8. The number of amides is 1. The smallest absolute Gasteiger partial charge is 0.226 e. The molecular weight excluding hydrogens is 344 g/mol. The maximum absolute atomic E-state index is 12.4. The summed E-state index contributed by atoms with van der Waals surface area (Å²) >= 11 is 1.53. The van der Waals surface area contributed by atoms with Gasteiger partial charge in [-0.2, -0.15) is 0 Å². The molecule has 2 N–H and O–H groups in total. The third-order valence-electron chi connectivity index (χ3n) is 4.70. The molecule has 140 valence electrons. The van der Waals surface area contributed by atoms with Gasteiger partial charge in [-0.05, 0) is 57.0 Å². The van der Waals surface area contributed by atoms with Crippen molar-refractivity contribution in [1.29, 1.82) is 0 Å². The first-order valence-electron chi connectivity index (χ1n) is 9.42. The van der Waals surface area contributed by atoms with Gasteiger partial charge in [-0.15, -0.1) is 11.3 Å². The van der Waals surface area contributed by atoms with Crippen molar-refractivity contribution >= 4 is 28.1 Å². The number of nitrogens with zero attached hydrogens (tertiary/aromatic N) is 2. The monoisotopic (exact) mass is 372 g/mol. The van der Waals surface area contributed by atoms with E-state index in [1.54, 1.807) is 0 Å². The van der Waals surface area contributed by atoms with Gasteiger partial charge in [0.15, 0.2) is 5.13 Å². The van der Waals surface area contributed by atoms with Crippen LogP contribution in [0.25, 0.3) is 0 Å². The van der Waals surface area contributed by atoms with Crippen LogP contribution in [0, 0.1) is 6.92 Å². The Kier molecular flexibility index (Phi) is 6.63. The number of thiazole rings is 1. The van der Waals surface area contributed by atoms with Gasteiger partial charge in [0.2, 0.25) is 5.91 Å². The van der Waals surface area contributed by atoms with E-state index in [1.807, 2.05) is 17.5 Å². The first kappa shape index (κ1) is 18.9. The van der Waals surface area contributed by atoms with Crippen molar-refractivity contribution in [2.24, 2.45) is 0 Å². The number of aromatic nitrogens is 1. The maximum atomic E-state index is 12.4. The van der Waals surface area contributed by atoms with E-state index in [9.17, 15) is 4.79 Å². The fourth-order valence-corrected chi connectivity index (χ4v) is 4.02. The summed E-state index contributed by atoms with van der Waals surface area (Å²) in [6, 6.07) is 8.41. The second-order valence-corrected chi connectivity index (χ2v) is 7.85. The molecular formula is C20H28N4OS. The molecule has 0 radical (unpaired) electrons. The second-order valence-electron chi connectivity index (χ2n) is 7.00. The zero-order valence-electron chi connectivity index (χ0n) is 15.6. The number of carbonyl (C=O) groups is 1. The molecule has 2 aromatic rings. The molecule has 26 heavy (non-hydrogen) atoms. The van der Waals surface area contributed by atoms with Crippen molar-refractivity contribution in [3.63, 3.8) is 0 Å². The molecule has 0 spiro atoms. The van der Waals surface area contributed by atoms with E-state index in [2.05, 4.69) is 46.5 Å². The lowest BCUT2D eigenvalue weighted by Gasteiger charge is -2.23. The van der Waals surface area contributed by atoms with E-state index >= 15 is 0 Å². The molecule has 1 aliphatic heterocycles. The lowest BCUT2D eigenvalue weighted by Crippen LogP contribution is -2.43. The number of anilines is 2. The van der Waals surface area contributed by atoms with E-state index in [4.69, 9.17) is 0 Å². The highest BCUT2D eigenvalue weighted by Crippen LogP contribution is 2.21. The van der Waals surface area contributed by atoms with Gasteiger partial charge >= 0.3 is 0 Å². The highest BCUT2D eigenvalue weighted by Gasteiger charge is 2.18. The van der Waals surface area contributed by atoms with E-state index in [0.717, 1.165) is 42.6 Å². The summed E-state index contributed by atoms with van der Waals surface area (Å²) in [7, 11) is 0. The maximum Gasteiger partial charge on any atom is 0.226 e. The minimum absolute atomic E-state index is 0.0588. The molecule has 0 saturated carbocycles. The van der Waals surface area contributed by atoms with E-state index in [-0.39, 0.29) is 11.9 Å². The zero-order valence-corrected chi connectivity index (χ0v) is 16.4. The third-order valence-corrected chi connectivity index (χ3v) is 5.50. The molecule has 1 aromatic heterocycles. The summed E-state index contributed by atoms with van der Waals surface area (Å²) in [5.41, 5.74) is 3.04. The Bertz CT molecular complexity index is 724. The van der Waals surface area contributed by atoms with Crippen LogP contribution in [0.15, 0.2) is 29.6 Å². The summed E-state index contributed by atoms with van der Waals surface area (Å²) in [5, 5.41) is 9.26. The Labute approximate surface area is 159 Å². The van der Waals surface area contributed by atoms with Crippen molar-refractivity contribution < 1.29 is 4.79 Å². The minimum Gasteiger partial charge on any atom is -0.352 e. The van der Waals surface area contributed by atoms with Crippen molar-refractivity contribution in [2.45, 2.75) is 45.6 Å². The van der Waals surface area contributed by atoms with Crippen molar-refractivity contribution in [3.8, 4) is 0 Å². The van der Waals surface area contributed by atoms with Crippen molar-refractivity contribution in [1.82, 2.24) is 15.2 Å². The summed E-state index contributed by atoms with van der Waals surface area (Å²) in [4.78, 5) is 19.4. The summed E-state index contributed by atoms with van der Waals surface area (Å²) < 4.78 is 0. The van der Waals surface area contributed by atoms with Gasteiger partial charge in [0.25, 0.3) is 0 Å². The minimum atomic E-state index is 0.0588. The van der Waals surface area contributed by atoms with Gasteiger partial charge in [0, 0.05) is 23.7 Å². The molecule has 3 rings (SSSR count). The topological polar surface area (TPSA) is 57.3 Å². The molecule has 1 aliphatic rings. The van der Waals surface area contributed by atoms with Gasteiger partial charge in [-0.25, -0.2) is 4.98 Å². The average Bonchev–Trinajstić information content (AvgIpc) is 3.26. The molecule has 1 fully saturated rings. The fraction of sp³-hybridized carbons (Fsp3) is 0.500. The van der Waals surface area contributed by atoms with Crippen LogP contribution < -0.4 is 10.6 Å². The van der Waals surface area contributed by atoms with Gasteiger partial charge in [0.05, 0.1) is 12.1 Å². The molecule has 0 bridgehead atoms. The summed E-state index contributed by atoms with van der Waals surface area (Å²) in [6.45, 7) is 7.47. The van der Waals surface area contributed by atoms with Crippen molar-refractivity contribution in [2.75, 3.05) is 25.0 Å². The van der Waals surface area contributed by atoms with Crippen molar-refractivity contribution in [3.05, 3.63) is 40.9 Å². The zero-order chi connectivity index (χ0) is 18.4. The quantitative estimate of drug-likeness (QED) is 0.741. The first-order valence-corrected chi connectivity index (χ1v) is 10.3. The Morgan fingerprint density at radius 2 is 2.15 bits per heavy atom. The number of hydrogen-bond acceptors (Lipinski definition) is 5. The molecule has 6 heteroatoms. The number of benzene rings is 1. The third kappa shape index (κ3) is 5.54. The fourth-order valence-electron chi connectivity index (χ4n) is 3.29. The van der Waals surface area contributed by atoms with E-state index < -0.39 is 0 Å². The Morgan fingerprint density at radius 3 is 2.88 bits per heavy atom. The highest BCUT2D eigenvalue weighted by atomic mass is 32.1. The van der Waals surface area contributed by atoms with E-state index in [0.29, 0.717) is 6.42 Å². The number of nitrogens with one attached hydrogen (secondary N) is 2. The predicted octanol–water partition coefficient (Wildman–Crippen LogP) is 3.73. The number of carbonyl (C=O) groups excluding carboxylic acids is 1. The van der Waals surface area contributed by atoms with Gasteiger partial charge in [-0.1, -0.05) is 19.1 Å². The van der Waals surface area contributed by atoms with Crippen LogP contribution in [-0.2, 0) is 11.2 Å². The Hall–Kier alpha value is -1.92. The predicted molar refractivity (Wildman–Crippen MR) is 108 cm³/mol. The van der Waals surface area contributed by atoms with E-state index in [1.165, 1.54) is 29.7 Å². The number of likely N-dealkylation sites (tertiary alicyclic amines) is 1. The van der Waals surface area contributed by atoms with Crippen LogP contribution in [0.5, 0.6) is 0 Å².